The topological polar surface area (TPSA) is 114 Å². The Labute approximate surface area is 155 Å². The first-order chi connectivity index (χ1) is 12.9. The second-order valence-corrected chi connectivity index (χ2v) is 6.28. The van der Waals surface area contributed by atoms with Crippen molar-refractivity contribution in [3.63, 3.8) is 0 Å². The van der Waals surface area contributed by atoms with Gasteiger partial charge in [-0.1, -0.05) is 12.1 Å². The van der Waals surface area contributed by atoms with Crippen LogP contribution in [-0.4, -0.2) is 26.0 Å². The summed E-state index contributed by atoms with van der Waals surface area (Å²) in [5.74, 6) is -0.857. The van der Waals surface area contributed by atoms with E-state index in [1.54, 1.807) is 51.7 Å². The summed E-state index contributed by atoms with van der Waals surface area (Å²) in [4.78, 5) is 23.6. The van der Waals surface area contributed by atoms with E-state index >= 15 is 0 Å². The summed E-state index contributed by atoms with van der Waals surface area (Å²) >= 11 is 0. The van der Waals surface area contributed by atoms with Gasteiger partial charge in [-0.3, -0.25) is 19.3 Å². The van der Waals surface area contributed by atoms with E-state index in [0.29, 0.717) is 23.4 Å². The lowest BCUT2D eigenvalue weighted by Crippen LogP contribution is -2.22. The Morgan fingerprint density at radius 1 is 1.07 bits per heavy atom. The van der Waals surface area contributed by atoms with Gasteiger partial charge in [0.25, 0.3) is 0 Å². The SMILES string of the molecule is Cc1cn(-c2ccc(CCC(=O)O)cc2)c(=O)n1-c1ccc(C(=N)N)cc1. The highest BCUT2D eigenvalue weighted by molar-refractivity contribution is 5.95. The van der Waals surface area contributed by atoms with Crippen LogP contribution in [0.4, 0.5) is 0 Å². The zero-order valence-corrected chi connectivity index (χ0v) is 14.8. The molecule has 2 aromatic carbocycles. The molecule has 1 aromatic heterocycles. The molecule has 27 heavy (non-hydrogen) atoms. The number of carboxylic acids is 1. The molecule has 0 aliphatic carbocycles. The Morgan fingerprint density at radius 2 is 1.67 bits per heavy atom. The van der Waals surface area contributed by atoms with Gasteiger partial charge in [-0.05, 0) is 55.3 Å². The number of aryl methyl sites for hydroxylation is 2. The molecule has 0 saturated heterocycles. The Kier molecular flexibility index (Phi) is 4.94. The molecule has 7 nitrogen and oxygen atoms in total. The summed E-state index contributed by atoms with van der Waals surface area (Å²) in [6, 6.07) is 14.2. The van der Waals surface area contributed by atoms with E-state index in [1.807, 2.05) is 19.1 Å². The lowest BCUT2D eigenvalue weighted by atomic mass is 10.1. The van der Waals surface area contributed by atoms with Crippen molar-refractivity contribution in [2.75, 3.05) is 0 Å². The molecule has 0 aliphatic heterocycles. The number of nitrogens with two attached hydrogens (primary N) is 1. The van der Waals surface area contributed by atoms with Crippen LogP contribution in [0.3, 0.4) is 0 Å². The number of carbonyl (C=O) groups is 1. The largest absolute Gasteiger partial charge is 0.481 e. The zero-order chi connectivity index (χ0) is 19.6. The molecular weight excluding hydrogens is 344 g/mol. The molecule has 0 bridgehead atoms. The normalized spacial score (nSPS) is 10.7. The van der Waals surface area contributed by atoms with Crippen LogP contribution in [0.1, 0.15) is 23.2 Å². The fraction of sp³-hybridized carbons (Fsp3) is 0.150. The standard InChI is InChI=1S/C20H20N4O3/c1-13-12-23(16-7-2-14(3-8-16)4-11-18(25)26)20(27)24(13)17-9-5-15(6-10-17)19(21)22/h2-3,5-10,12H,4,11H2,1H3,(H3,21,22)(H,25,26). The average molecular weight is 364 g/mol. The monoisotopic (exact) mass is 364 g/mol. The summed E-state index contributed by atoms with van der Waals surface area (Å²) in [5, 5.41) is 16.2. The van der Waals surface area contributed by atoms with E-state index in [1.165, 1.54) is 0 Å². The van der Waals surface area contributed by atoms with Crippen LogP contribution < -0.4 is 11.4 Å². The fourth-order valence-corrected chi connectivity index (χ4v) is 2.92. The molecule has 0 amide bonds. The number of nitrogen functional groups attached to an aromatic ring is 1. The smallest absolute Gasteiger partial charge is 0.337 e. The molecule has 0 fully saturated rings. The molecular formula is C20H20N4O3. The average Bonchev–Trinajstić information content (AvgIpc) is 2.95. The van der Waals surface area contributed by atoms with Crippen LogP contribution in [0.15, 0.2) is 59.5 Å². The molecule has 138 valence electrons. The van der Waals surface area contributed by atoms with Crippen LogP contribution in [0.5, 0.6) is 0 Å². The number of aromatic nitrogens is 2. The molecule has 0 aliphatic rings. The van der Waals surface area contributed by atoms with Gasteiger partial charge in [-0.15, -0.1) is 0 Å². The van der Waals surface area contributed by atoms with E-state index < -0.39 is 5.97 Å². The van der Waals surface area contributed by atoms with E-state index in [2.05, 4.69) is 0 Å². The second-order valence-electron chi connectivity index (χ2n) is 6.28. The maximum absolute atomic E-state index is 12.9. The number of benzene rings is 2. The van der Waals surface area contributed by atoms with Gasteiger partial charge >= 0.3 is 11.7 Å². The number of hydrogen-bond donors (Lipinski definition) is 3. The maximum Gasteiger partial charge on any atom is 0.337 e. The van der Waals surface area contributed by atoms with Gasteiger partial charge in [0.05, 0.1) is 11.4 Å². The molecule has 0 atom stereocenters. The molecule has 3 rings (SSSR count). The molecule has 0 spiro atoms. The number of hydrogen-bond acceptors (Lipinski definition) is 3. The highest BCUT2D eigenvalue weighted by Gasteiger charge is 2.12. The third-order valence-electron chi connectivity index (χ3n) is 4.34. The third-order valence-corrected chi connectivity index (χ3v) is 4.34. The molecule has 0 saturated carbocycles. The van der Waals surface area contributed by atoms with Gasteiger partial charge in [0.2, 0.25) is 0 Å². The van der Waals surface area contributed by atoms with Crippen LogP contribution in [0, 0.1) is 12.3 Å². The quantitative estimate of drug-likeness (QED) is 0.460. The number of rotatable bonds is 6. The highest BCUT2D eigenvalue weighted by Crippen LogP contribution is 2.14. The Bertz CT molecular complexity index is 1040. The van der Waals surface area contributed by atoms with Gasteiger partial charge in [0, 0.05) is 23.9 Å². The van der Waals surface area contributed by atoms with Crippen LogP contribution >= 0.6 is 0 Å². The summed E-state index contributed by atoms with van der Waals surface area (Å²) in [7, 11) is 0. The molecule has 0 radical (unpaired) electrons. The number of nitrogens with one attached hydrogen (secondary N) is 1. The first-order valence-corrected chi connectivity index (χ1v) is 8.44. The zero-order valence-electron chi connectivity index (χ0n) is 14.8. The first-order valence-electron chi connectivity index (χ1n) is 8.44. The van der Waals surface area contributed by atoms with E-state index in [-0.39, 0.29) is 17.9 Å². The van der Waals surface area contributed by atoms with Gasteiger partial charge in [-0.2, -0.15) is 0 Å². The third kappa shape index (κ3) is 3.82. The number of imidazole rings is 1. The molecule has 0 unspecified atom stereocenters. The summed E-state index contributed by atoms with van der Waals surface area (Å²) in [5.41, 5.74) is 8.94. The van der Waals surface area contributed by atoms with E-state index in [4.69, 9.17) is 16.2 Å². The highest BCUT2D eigenvalue weighted by atomic mass is 16.4. The Hall–Kier alpha value is -3.61. The minimum atomic E-state index is -0.834. The van der Waals surface area contributed by atoms with Gasteiger partial charge in [0.15, 0.2) is 0 Å². The predicted molar refractivity (Wildman–Crippen MR) is 103 cm³/mol. The van der Waals surface area contributed by atoms with Crippen molar-refractivity contribution >= 4 is 11.8 Å². The van der Waals surface area contributed by atoms with Crippen molar-refractivity contribution in [1.82, 2.24) is 9.13 Å². The number of amidine groups is 1. The van der Waals surface area contributed by atoms with E-state index in [0.717, 1.165) is 11.3 Å². The van der Waals surface area contributed by atoms with Crippen molar-refractivity contribution in [3.05, 3.63) is 82.0 Å². The summed E-state index contributed by atoms with van der Waals surface area (Å²) in [6.07, 6.45) is 2.28. The van der Waals surface area contributed by atoms with Crippen molar-refractivity contribution in [3.8, 4) is 11.4 Å². The number of nitrogens with zero attached hydrogens (tertiary/aromatic N) is 2. The second kappa shape index (κ2) is 7.33. The van der Waals surface area contributed by atoms with Crippen molar-refractivity contribution in [2.24, 2.45) is 5.73 Å². The minimum absolute atomic E-state index is 0.0221. The first kappa shape index (κ1) is 18.2. The van der Waals surface area contributed by atoms with Crippen molar-refractivity contribution in [1.29, 1.82) is 5.41 Å². The van der Waals surface area contributed by atoms with Crippen LogP contribution in [0.2, 0.25) is 0 Å². The summed E-state index contributed by atoms with van der Waals surface area (Å²) < 4.78 is 3.14. The summed E-state index contributed by atoms with van der Waals surface area (Å²) in [6.45, 7) is 1.85. The Morgan fingerprint density at radius 3 is 2.22 bits per heavy atom. The lowest BCUT2D eigenvalue weighted by molar-refractivity contribution is -0.136. The molecule has 3 aromatic rings. The molecule has 4 N–H and O–H groups in total. The lowest BCUT2D eigenvalue weighted by Gasteiger charge is -2.06. The Balaban J connectivity index is 1.92. The van der Waals surface area contributed by atoms with Gasteiger partial charge in [-0.25, -0.2) is 4.79 Å². The van der Waals surface area contributed by atoms with Gasteiger partial charge in [0.1, 0.15) is 5.84 Å². The number of aliphatic carboxylic acids is 1. The van der Waals surface area contributed by atoms with Crippen LogP contribution in [-0.2, 0) is 11.2 Å². The van der Waals surface area contributed by atoms with Crippen LogP contribution in [0.25, 0.3) is 11.4 Å². The minimum Gasteiger partial charge on any atom is -0.481 e. The number of carboxylic acid groups (broad SMARTS) is 1. The maximum atomic E-state index is 12.9. The van der Waals surface area contributed by atoms with E-state index in [9.17, 15) is 9.59 Å². The predicted octanol–water partition coefficient (Wildman–Crippen LogP) is 2.24. The van der Waals surface area contributed by atoms with Crippen molar-refractivity contribution in [2.45, 2.75) is 19.8 Å². The fourth-order valence-electron chi connectivity index (χ4n) is 2.92. The molecule has 7 heteroatoms. The van der Waals surface area contributed by atoms with Gasteiger partial charge < -0.3 is 10.8 Å². The molecule has 1 heterocycles. The van der Waals surface area contributed by atoms with Crippen molar-refractivity contribution < 1.29 is 9.90 Å².